The van der Waals surface area contributed by atoms with E-state index in [4.69, 9.17) is 0 Å². The van der Waals surface area contributed by atoms with Gasteiger partial charge in [0.2, 0.25) is 0 Å². The molecule has 0 aliphatic carbocycles. The number of hydrogen-bond donors (Lipinski definition) is 1. The van der Waals surface area contributed by atoms with Crippen LogP contribution in [0.5, 0.6) is 5.75 Å². The minimum atomic E-state index is 0.356. The standard InChI is InChI=1S/C15H25NOSe/c1-4-5-6-7-8-9-10-18-14-11-12(2)15(17)13(3)16-14/h11,17H,4-10H2,1-3H3. The van der Waals surface area contributed by atoms with Crippen molar-refractivity contribution in [2.75, 3.05) is 0 Å². The van der Waals surface area contributed by atoms with Crippen LogP contribution in [0.4, 0.5) is 0 Å². The van der Waals surface area contributed by atoms with Gasteiger partial charge in [0.25, 0.3) is 0 Å². The number of hydrogen-bond acceptors (Lipinski definition) is 2. The molecule has 1 aromatic rings. The second-order valence-electron chi connectivity index (χ2n) is 4.83. The number of rotatable bonds is 8. The van der Waals surface area contributed by atoms with E-state index in [1.807, 2.05) is 19.9 Å². The van der Waals surface area contributed by atoms with E-state index in [1.165, 1.54) is 48.4 Å². The van der Waals surface area contributed by atoms with Crippen molar-refractivity contribution < 1.29 is 5.11 Å². The summed E-state index contributed by atoms with van der Waals surface area (Å²) < 4.78 is 1.18. The van der Waals surface area contributed by atoms with E-state index in [2.05, 4.69) is 11.9 Å². The van der Waals surface area contributed by atoms with Gasteiger partial charge in [-0.2, -0.15) is 0 Å². The van der Waals surface area contributed by atoms with Gasteiger partial charge in [0, 0.05) is 0 Å². The molecule has 0 unspecified atom stereocenters. The molecular formula is C15H25NOSe. The first kappa shape index (κ1) is 15.5. The zero-order valence-corrected chi connectivity index (χ0v) is 13.5. The molecule has 18 heavy (non-hydrogen) atoms. The van der Waals surface area contributed by atoms with Gasteiger partial charge in [-0.05, 0) is 0 Å². The second-order valence-corrected chi connectivity index (χ2v) is 7.17. The average molecular weight is 314 g/mol. The Bertz CT molecular complexity index is 343. The third-order valence-electron chi connectivity index (χ3n) is 3.08. The van der Waals surface area contributed by atoms with Gasteiger partial charge >= 0.3 is 117 Å². The molecule has 0 fully saturated rings. The van der Waals surface area contributed by atoms with E-state index in [1.54, 1.807) is 0 Å². The Labute approximate surface area is 117 Å². The Morgan fingerprint density at radius 2 is 1.78 bits per heavy atom. The molecule has 1 aromatic heterocycles. The first-order valence-electron chi connectivity index (χ1n) is 6.95. The monoisotopic (exact) mass is 315 g/mol. The summed E-state index contributed by atoms with van der Waals surface area (Å²) in [6.45, 7) is 6.09. The Kier molecular flexibility index (Phi) is 7.38. The van der Waals surface area contributed by atoms with Crippen molar-refractivity contribution in [3.63, 3.8) is 0 Å². The predicted molar refractivity (Wildman–Crippen MR) is 78.9 cm³/mol. The first-order valence-corrected chi connectivity index (χ1v) is 9.02. The number of unbranched alkanes of at least 4 members (excludes halogenated alkanes) is 5. The molecule has 0 aromatic carbocycles. The quantitative estimate of drug-likeness (QED) is 0.588. The maximum absolute atomic E-state index is 9.67. The van der Waals surface area contributed by atoms with E-state index in [0.29, 0.717) is 20.7 Å². The van der Waals surface area contributed by atoms with Gasteiger partial charge in [-0.15, -0.1) is 0 Å². The molecule has 1 rings (SSSR count). The van der Waals surface area contributed by atoms with Gasteiger partial charge in [0.15, 0.2) is 0 Å². The molecule has 0 amide bonds. The van der Waals surface area contributed by atoms with E-state index in [0.717, 1.165) is 11.3 Å². The summed E-state index contributed by atoms with van der Waals surface area (Å²) in [7, 11) is 0. The first-order chi connectivity index (χ1) is 8.65. The summed E-state index contributed by atoms with van der Waals surface area (Å²) in [6, 6.07) is 2.04. The summed E-state index contributed by atoms with van der Waals surface area (Å²) in [6.07, 6.45) is 8.15. The zero-order valence-electron chi connectivity index (χ0n) is 11.8. The number of nitrogens with zero attached hydrogens (tertiary/aromatic N) is 1. The van der Waals surface area contributed by atoms with Crippen LogP contribution in [0.25, 0.3) is 0 Å². The minimum absolute atomic E-state index is 0.356. The SMILES string of the molecule is CCCCCCCC[Se]c1cc(C)c(O)c(C)n1. The van der Waals surface area contributed by atoms with Crippen molar-refractivity contribution in [3.05, 3.63) is 17.3 Å². The summed E-state index contributed by atoms with van der Waals surface area (Å²) in [5.74, 6) is 0.356. The molecule has 1 heterocycles. The van der Waals surface area contributed by atoms with Gasteiger partial charge in [0.1, 0.15) is 0 Å². The molecule has 0 radical (unpaired) electrons. The van der Waals surface area contributed by atoms with Crippen molar-refractivity contribution in [3.8, 4) is 5.75 Å². The molecule has 0 atom stereocenters. The number of aryl methyl sites for hydroxylation is 2. The molecule has 102 valence electrons. The van der Waals surface area contributed by atoms with Crippen LogP contribution >= 0.6 is 0 Å². The normalized spacial score (nSPS) is 10.8. The van der Waals surface area contributed by atoms with Crippen LogP contribution in [0.15, 0.2) is 6.07 Å². The van der Waals surface area contributed by atoms with Crippen LogP contribution in [0.2, 0.25) is 5.32 Å². The zero-order chi connectivity index (χ0) is 13.4. The molecule has 0 aliphatic heterocycles. The molecule has 2 nitrogen and oxygen atoms in total. The van der Waals surface area contributed by atoms with Gasteiger partial charge in [0.05, 0.1) is 0 Å². The van der Waals surface area contributed by atoms with Crippen molar-refractivity contribution in [2.24, 2.45) is 0 Å². The number of aromatic hydroxyl groups is 1. The van der Waals surface area contributed by atoms with E-state index >= 15 is 0 Å². The van der Waals surface area contributed by atoms with E-state index in [9.17, 15) is 5.11 Å². The van der Waals surface area contributed by atoms with Gasteiger partial charge in [-0.1, -0.05) is 0 Å². The van der Waals surface area contributed by atoms with Gasteiger partial charge in [-0.25, -0.2) is 0 Å². The van der Waals surface area contributed by atoms with Crippen molar-refractivity contribution in [1.29, 1.82) is 0 Å². The van der Waals surface area contributed by atoms with Crippen molar-refractivity contribution in [2.45, 2.75) is 64.6 Å². The molecule has 0 bridgehead atoms. The summed E-state index contributed by atoms with van der Waals surface area (Å²) in [5.41, 5.74) is 1.73. The molecule has 3 heteroatoms. The molecule has 0 spiro atoms. The summed E-state index contributed by atoms with van der Waals surface area (Å²) >= 11 is 0.466. The summed E-state index contributed by atoms with van der Waals surface area (Å²) in [5, 5.41) is 10.9. The fraction of sp³-hybridized carbons (Fsp3) is 0.667. The fourth-order valence-corrected chi connectivity index (χ4v) is 4.06. The van der Waals surface area contributed by atoms with Crippen LogP contribution in [0.3, 0.4) is 0 Å². The Morgan fingerprint density at radius 3 is 2.44 bits per heavy atom. The molecule has 0 saturated heterocycles. The van der Waals surface area contributed by atoms with E-state index in [-0.39, 0.29) is 0 Å². The maximum atomic E-state index is 9.67. The van der Waals surface area contributed by atoms with Crippen LogP contribution in [-0.2, 0) is 0 Å². The number of pyridine rings is 1. The van der Waals surface area contributed by atoms with Crippen molar-refractivity contribution in [1.82, 2.24) is 4.98 Å². The van der Waals surface area contributed by atoms with E-state index < -0.39 is 0 Å². The summed E-state index contributed by atoms with van der Waals surface area (Å²) in [4.78, 5) is 4.46. The third kappa shape index (κ3) is 5.41. The van der Waals surface area contributed by atoms with Crippen LogP contribution in [-0.4, -0.2) is 25.0 Å². The Balaban J connectivity index is 2.23. The Morgan fingerprint density at radius 1 is 1.11 bits per heavy atom. The van der Waals surface area contributed by atoms with Crippen LogP contribution in [0, 0.1) is 13.8 Å². The molecule has 0 saturated carbocycles. The third-order valence-corrected chi connectivity index (χ3v) is 5.18. The van der Waals surface area contributed by atoms with Gasteiger partial charge in [-0.3, -0.25) is 0 Å². The average Bonchev–Trinajstić information content (AvgIpc) is 2.34. The van der Waals surface area contributed by atoms with Crippen molar-refractivity contribution >= 4 is 19.5 Å². The van der Waals surface area contributed by atoms with Gasteiger partial charge < -0.3 is 0 Å². The predicted octanol–water partition coefficient (Wildman–Crippen LogP) is 3.51. The Hall–Kier alpha value is -0.531. The molecule has 1 N–H and O–H groups in total. The molecular weight excluding hydrogens is 289 g/mol. The van der Waals surface area contributed by atoms with Crippen LogP contribution < -0.4 is 4.59 Å². The fourth-order valence-electron chi connectivity index (χ4n) is 1.92. The van der Waals surface area contributed by atoms with Crippen LogP contribution in [0.1, 0.15) is 56.7 Å². The topological polar surface area (TPSA) is 33.1 Å². The second kappa shape index (κ2) is 8.55. The molecule has 0 aliphatic rings. The number of aromatic nitrogens is 1.